The number of nitrogens with zero attached hydrogens (tertiary/aromatic N) is 7. The molecule has 0 bridgehead atoms. The molecule has 2 aromatic heterocycles. The van der Waals surface area contributed by atoms with Crippen LogP contribution in [0.3, 0.4) is 0 Å². The molecule has 5 aromatic rings. The van der Waals surface area contributed by atoms with Crippen LogP contribution in [-0.2, 0) is 22.7 Å². The molecule has 3 amide bonds. The van der Waals surface area contributed by atoms with Crippen molar-refractivity contribution in [1.29, 1.82) is 0 Å². The number of rotatable bonds is 12. The molecule has 7 heterocycles. The van der Waals surface area contributed by atoms with E-state index in [1.54, 1.807) is 25.3 Å². The molecule has 2 N–H and O–H groups in total. The van der Waals surface area contributed by atoms with E-state index < -0.39 is 6.04 Å². The van der Waals surface area contributed by atoms with E-state index in [0.29, 0.717) is 53.6 Å². The van der Waals surface area contributed by atoms with Gasteiger partial charge in [0.2, 0.25) is 11.8 Å². The Balaban J connectivity index is 0.717. The third-order valence-corrected chi connectivity index (χ3v) is 14.0. The minimum Gasteiger partial charge on any atom is -0.496 e. The number of methoxy groups -OCH3 is 2. The molecule has 0 radical (unpaired) electrons. The van der Waals surface area contributed by atoms with Gasteiger partial charge in [-0.1, -0.05) is 11.2 Å². The number of likely N-dealkylation sites (tertiary alicyclic amines) is 1. The minimum absolute atomic E-state index is 0.126. The van der Waals surface area contributed by atoms with E-state index in [1.165, 1.54) is 24.8 Å². The SMILES string of the molecule is COc1c(SNc2noc3cc(Cn4cccn4)cc(OC)c23)cccc1N1CC2(CCN(CC3CCN(c4ccc5c(c4)CN(C4CCC(=O)NC4=O)C5=O)C3)CC2)C1. The van der Waals surface area contributed by atoms with Crippen LogP contribution >= 0.6 is 11.9 Å². The first-order valence-corrected chi connectivity index (χ1v) is 21.6. The molecule has 10 rings (SSSR count). The van der Waals surface area contributed by atoms with Crippen LogP contribution in [0.25, 0.3) is 11.0 Å². The highest BCUT2D eigenvalue weighted by Gasteiger charge is 2.46. The zero-order valence-corrected chi connectivity index (χ0v) is 34.7. The fourth-order valence-electron chi connectivity index (χ4n) is 9.93. The van der Waals surface area contributed by atoms with Crippen molar-refractivity contribution in [3.8, 4) is 11.5 Å². The highest BCUT2D eigenvalue weighted by molar-refractivity contribution is 8.00. The molecular weight excluding hydrogens is 783 g/mol. The Morgan fingerprint density at radius 1 is 0.983 bits per heavy atom. The van der Waals surface area contributed by atoms with Gasteiger partial charge in [0.05, 0.1) is 31.3 Å². The van der Waals surface area contributed by atoms with Gasteiger partial charge in [0.15, 0.2) is 17.2 Å². The topological polar surface area (TPSA) is 151 Å². The molecule has 15 nitrogen and oxygen atoms in total. The van der Waals surface area contributed by atoms with Gasteiger partial charge in [-0.2, -0.15) is 5.10 Å². The number of anilines is 3. The summed E-state index contributed by atoms with van der Waals surface area (Å²) in [5.41, 5.74) is 5.82. The van der Waals surface area contributed by atoms with Crippen LogP contribution in [0.15, 0.2) is 76.4 Å². The molecule has 1 spiro atoms. The minimum atomic E-state index is -0.594. The van der Waals surface area contributed by atoms with E-state index in [-0.39, 0.29) is 24.1 Å². The maximum absolute atomic E-state index is 13.2. The van der Waals surface area contributed by atoms with Crippen molar-refractivity contribution >= 4 is 57.8 Å². The first-order valence-electron chi connectivity index (χ1n) is 20.8. The van der Waals surface area contributed by atoms with Gasteiger partial charge in [0, 0.05) is 74.7 Å². The third kappa shape index (κ3) is 7.18. The quantitative estimate of drug-likeness (QED) is 0.122. The Bertz CT molecular complexity index is 2440. The van der Waals surface area contributed by atoms with Crippen molar-refractivity contribution in [2.75, 3.05) is 74.6 Å². The van der Waals surface area contributed by atoms with Gasteiger partial charge in [-0.15, -0.1) is 0 Å². The molecule has 60 heavy (non-hydrogen) atoms. The number of imide groups is 1. The molecule has 3 aromatic carbocycles. The zero-order chi connectivity index (χ0) is 41.0. The first kappa shape index (κ1) is 38.5. The molecule has 2 unspecified atom stereocenters. The number of aromatic nitrogens is 3. The van der Waals surface area contributed by atoms with Gasteiger partial charge in [-0.05, 0) is 116 Å². The second-order valence-electron chi connectivity index (χ2n) is 16.9. The van der Waals surface area contributed by atoms with Crippen LogP contribution < -0.4 is 29.3 Å². The van der Waals surface area contributed by atoms with Crippen LogP contribution in [0, 0.1) is 11.3 Å². The molecule has 0 saturated carbocycles. The number of ether oxygens (including phenoxy) is 2. The fourth-order valence-corrected chi connectivity index (χ4v) is 10.7. The van der Waals surface area contributed by atoms with E-state index in [4.69, 9.17) is 14.0 Å². The Morgan fingerprint density at radius 3 is 2.63 bits per heavy atom. The maximum Gasteiger partial charge on any atom is 0.255 e. The number of nitrogens with one attached hydrogen (secondary N) is 2. The average molecular weight is 832 g/mol. The summed E-state index contributed by atoms with van der Waals surface area (Å²) in [6.45, 7) is 8.34. The largest absolute Gasteiger partial charge is 0.496 e. The van der Waals surface area contributed by atoms with E-state index in [0.717, 1.165) is 90.8 Å². The van der Waals surface area contributed by atoms with Crippen molar-refractivity contribution in [3.63, 3.8) is 0 Å². The lowest BCUT2D eigenvalue weighted by molar-refractivity contribution is -0.136. The Kier molecular flexibility index (Phi) is 10.1. The van der Waals surface area contributed by atoms with Gasteiger partial charge < -0.3 is 38.3 Å². The maximum atomic E-state index is 13.2. The van der Waals surface area contributed by atoms with Gasteiger partial charge in [-0.3, -0.25) is 24.4 Å². The summed E-state index contributed by atoms with van der Waals surface area (Å²) in [6.07, 6.45) is 7.83. The molecular formula is C44H49N9O6S. The van der Waals surface area contributed by atoms with Gasteiger partial charge in [0.25, 0.3) is 5.91 Å². The predicted molar refractivity (Wildman–Crippen MR) is 227 cm³/mol. The lowest BCUT2D eigenvalue weighted by Gasteiger charge is -2.55. The highest BCUT2D eigenvalue weighted by atomic mass is 32.2. The summed E-state index contributed by atoms with van der Waals surface area (Å²) in [4.78, 5) is 47.5. The van der Waals surface area contributed by atoms with Crippen LogP contribution in [0.4, 0.5) is 17.2 Å². The number of hydrogen-bond acceptors (Lipinski definition) is 13. The number of carbonyl (C=O) groups excluding carboxylic acids is 3. The molecule has 312 valence electrons. The van der Waals surface area contributed by atoms with Crippen molar-refractivity contribution in [2.24, 2.45) is 11.3 Å². The Labute approximate surface area is 352 Å². The van der Waals surface area contributed by atoms with E-state index in [1.807, 2.05) is 35.1 Å². The molecule has 4 saturated heterocycles. The summed E-state index contributed by atoms with van der Waals surface area (Å²) < 4.78 is 22.8. The molecule has 5 aliphatic heterocycles. The average Bonchev–Trinajstić information content (AvgIpc) is 4.07. The third-order valence-electron chi connectivity index (χ3n) is 13.1. The van der Waals surface area contributed by atoms with Crippen LogP contribution in [-0.4, -0.2) is 109 Å². The number of carbonyl (C=O) groups is 3. The van der Waals surface area contributed by atoms with E-state index in [2.05, 4.69) is 65.3 Å². The number of para-hydroxylation sites is 1. The van der Waals surface area contributed by atoms with Crippen LogP contribution in [0.1, 0.15) is 53.6 Å². The first-order chi connectivity index (χ1) is 29.3. The monoisotopic (exact) mass is 831 g/mol. The summed E-state index contributed by atoms with van der Waals surface area (Å²) in [6, 6.07) is 17.7. The van der Waals surface area contributed by atoms with Crippen molar-refractivity contribution in [1.82, 2.24) is 30.1 Å². The molecule has 5 aliphatic rings. The normalized spacial score (nSPS) is 21.4. The number of amides is 3. The van der Waals surface area contributed by atoms with Crippen molar-refractivity contribution in [3.05, 3.63) is 83.7 Å². The Morgan fingerprint density at radius 2 is 1.85 bits per heavy atom. The standard InChI is InChI=1S/C44H49N9O6S/c1-57-35-19-29(24-52-15-4-14-45-52)20-36-39(35)41(47-59-36)48-60-37-6-3-5-33(40(37)58-2)51-26-44(27-51)12-17-49(18-13-44)22-28-11-16-50(23-28)31-7-8-32-30(21-31)25-53(43(32)56)34-9-10-38(54)46-42(34)55/h3-8,14-15,19-21,28,34H,9-13,16-18,22-27H2,1-2H3,(H,47,48)(H,46,54,55). The second kappa shape index (κ2) is 15.7. The van der Waals surface area contributed by atoms with Crippen LogP contribution in [0.5, 0.6) is 11.5 Å². The summed E-state index contributed by atoms with van der Waals surface area (Å²) >= 11 is 1.45. The van der Waals surface area contributed by atoms with Gasteiger partial charge in [0.1, 0.15) is 17.2 Å². The van der Waals surface area contributed by atoms with Crippen LogP contribution in [0.2, 0.25) is 0 Å². The number of piperidine rings is 2. The van der Waals surface area contributed by atoms with Crippen molar-refractivity contribution in [2.45, 2.75) is 56.1 Å². The summed E-state index contributed by atoms with van der Waals surface area (Å²) in [7, 11) is 3.39. The zero-order valence-electron chi connectivity index (χ0n) is 33.9. The number of benzene rings is 3. The lowest BCUT2D eigenvalue weighted by Crippen LogP contribution is -2.60. The molecule has 2 atom stereocenters. The predicted octanol–water partition coefficient (Wildman–Crippen LogP) is 5.40. The van der Waals surface area contributed by atoms with Gasteiger partial charge in [-0.25, -0.2) is 0 Å². The second-order valence-corrected chi connectivity index (χ2v) is 17.8. The summed E-state index contributed by atoms with van der Waals surface area (Å²) in [5.74, 6) is 1.93. The fraction of sp³-hybridized carbons (Fsp3) is 0.432. The van der Waals surface area contributed by atoms with Gasteiger partial charge >= 0.3 is 0 Å². The lowest BCUT2D eigenvalue weighted by atomic mass is 9.71. The number of fused-ring (bicyclic) bond motifs is 2. The molecule has 16 heteroatoms. The number of hydrogen-bond donors (Lipinski definition) is 2. The highest BCUT2D eigenvalue weighted by Crippen LogP contribution is 2.48. The van der Waals surface area contributed by atoms with E-state index in [9.17, 15) is 14.4 Å². The summed E-state index contributed by atoms with van der Waals surface area (Å²) in [5, 5.41) is 11.8. The Hall–Kier alpha value is -5.74. The smallest absolute Gasteiger partial charge is 0.255 e. The van der Waals surface area contributed by atoms with E-state index >= 15 is 0 Å². The molecule has 0 aliphatic carbocycles. The van der Waals surface area contributed by atoms with Crippen molar-refractivity contribution < 1.29 is 28.4 Å². The molecule has 4 fully saturated rings.